The lowest BCUT2D eigenvalue weighted by atomic mass is 10.1. The smallest absolute Gasteiger partial charge is 0.142 e. The van der Waals surface area contributed by atoms with Crippen molar-refractivity contribution in [3.63, 3.8) is 0 Å². The second kappa shape index (κ2) is 6.96. The zero-order valence-electron chi connectivity index (χ0n) is 11.5. The molecule has 106 valence electrons. The summed E-state index contributed by atoms with van der Waals surface area (Å²) in [6.45, 7) is 4.30. The van der Waals surface area contributed by atoms with Crippen LogP contribution in [0.25, 0.3) is 0 Å². The summed E-state index contributed by atoms with van der Waals surface area (Å²) in [7, 11) is 0. The van der Waals surface area contributed by atoms with Gasteiger partial charge in [-0.25, -0.2) is 4.39 Å². The lowest BCUT2D eigenvalue weighted by Crippen LogP contribution is -2.36. The van der Waals surface area contributed by atoms with E-state index in [9.17, 15) is 4.39 Å². The summed E-state index contributed by atoms with van der Waals surface area (Å²) in [6.07, 6.45) is 3.80. The van der Waals surface area contributed by atoms with E-state index < -0.39 is 0 Å². The van der Waals surface area contributed by atoms with E-state index in [2.05, 4.69) is 19.2 Å². The molecule has 19 heavy (non-hydrogen) atoms. The van der Waals surface area contributed by atoms with Crippen LogP contribution in [0.3, 0.4) is 0 Å². The molecule has 1 aliphatic carbocycles. The maximum Gasteiger partial charge on any atom is 0.142 e. The third kappa shape index (κ3) is 3.87. The fraction of sp³-hybridized carbons (Fsp3) is 0.600. The minimum Gasteiger partial charge on any atom is -0.306 e. The normalized spacial score (nSPS) is 24.6. The van der Waals surface area contributed by atoms with Crippen LogP contribution in [0.5, 0.6) is 0 Å². The molecule has 1 aromatic rings. The van der Waals surface area contributed by atoms with E-state index in [0.717, 1.165) is 11.3 Å². The van der Waals surface area contributed by atoms with Crippen LogP contribution >= 0.6 is 23.4 Å². The molecule has 0 saturated heterocycles. The highest BCUT2D eigenvalue weighted by Gasteiger charge is 2.28. The van der Waals surface area contributed by atoms with E-state index in [0.29, 0.717) is 11.3 Å². The number of thioether (sulfide) groups is 1. The summed E-state index contributed by atoms with van der Waals surface area (Å²) < 4.78 is 13.5. The Bertz CT molecular complexity index is 427. The molecule has 1 N–H and O–H groups in total. The van der Waals surface area contributed by atoms with Gasteiger partial charge in [-0.05, 0) is 43.2 Å². The van der Waals surface area contributed by atoms with Gasteiger partial charge >= 0.3 is 0 Å². The van der Waals surface area contributed by atoms with Gasteiger partial charge in [0.2, 0.25) is 0 Å². The maximum absolute atomic E-state index is 13.5. The highest BCUT2D eigenvalue weighted by Crippen LogP contribution is 2.31. The van der Waals surface area contributed by atoms with Crippen molar-refractivity contribution >= 4 is 23.4 Å². The van der Waals surface area contributed by atoms with Crippen LogP contribution < -0.4 is 5.32 Å². The molecule has 1 saturated carbocycles. The van der Waals surface area contributed by atoms with Gasteiger partial charge in [0.1, 0.15) is 5.82 Å². The van der Waals surface area contributed by atoms with Gasteiger partial charge in [0.15, 0.2) is 0 Å². The second-order valence-corrected chi connectivity index (χ2v) is 7.02. The number of hydrogen-bond donors (Lipinski definition) is 1. The van der Waals surface area contributed by atoms with Crippen LogP contribution in [0.2, 0.25) is 5.02 Å². The van der Waals surface area contributed by atoms with E-state index in [-0.39, 0.29) is 16.9 Å². The Kier molecular flexibility index (Phi) is 5.55. The molecule has 2 rings (SSSR count). The van der Waals surface area contributed by atoms with Crippen LogP contribution in [-0.4, -0.2) is 17.0 Å². The minimum absolute atomic E-state index is 0.162. The molecule has 0 radical (unpaired) electrons. The zero-order valence-corrected chi connectivity index (χ0v) is 13.0. The van der Waals surface area contributed by atoms with Crippen molar-refractivity contribution < 1.29 is 4.39 Å². The molecular weight excluding hydrogens is 281 g/mol. The Morgan fingerprint density at radius 3 is 2.95 bits per heavy atom. The first-order valence-corrected chi connectivity index (χ1v) is 8.37. The Labute approximate surface area is 124 Å². The Hall–Kier alpha value is -0.250. The average molecular weight is 302 g/mol. The maximum atomic E-state index is 13.5. The Balaban J connectivity index is 1.99. The number of halogens is 2. The standard InChI is InChI=1S/C15H21ClFNS/c1-3-19-15-6-4-5-14(15)18-10(2)11-7-8-12(16)13(17)9-11/h7-10,14-15,18H,3-6H2,1-2H3. The van der Waals surface area contributed by atoms with Gasteiger partial charge in [0.25, 0.3) is 0 Å². The monoisotopic (exact) mass is 301 g/mol. The van der Waals surface area contributed by atoms with Gasteiger partial charge in [0, 0.05) is 17.3 Å². The molecule has 0 bridgehead atoms. The molecule has 0 aliphatic heterocycles. The van der Waals surface area contributed by atoms with Crippen molar-refractivity contribution in [3.05, 3.63) is 34.6 Å². The topological polar surface area (TPSA) is 12.0 Å². The molecule has 0 heterocycles. The summed E-state index contributed by atoms with van der Waals surface area (Å²) >= 11 is 7.75. The van der Waals surface area contributed by atoms with Crippen molar-refractivity contribution in [1.29, 1.82) is 0 Å². The van der Waals surface area contributed by atoms with Gasteiger partial charge in [-0.1, -0.05) is 31.0 Å². The third-order valence-electron chi connectivity index (χ3n) is 3.74. The van der Waals surface area contributed by atoms with Crippen molar-refractivity contribution in [1.82, 2.24) is 5.32 Å². The lowest BCUT2D eigenvalue weighted by molar-refractivity contribution is 0.465. The first-order valence-electron chi connectivity index (χ1n) is 6.94. The van der Waals surface area contributed by atoms with Crippen LogP contribution in [0, 0.1) is 5.82 Å². The number of benzene rings is 1. The lowest BCUT2D eigenvalue weighted by Gasteiger charge is -2.25. The molecule has 0 spiro atoms. The number of nitrogens with one attached hydrogen (secondary N) is 1. The van der Waals surface area contributed by atoms with Crippen LogP contribution in [0.15, 0.2) is 18.2 Å². The summed E-state index contributed by atoms with van der Waals surface area (Å²) in [5.74, 6) is 0.825. The Morgan fingerprint density at radius 2 is 2.26 bits per heavy atom. The third-order valence-corrected chi connectivity index (χ3v) is 5.37. The summed E-state index contributed by atoms with van der Waals surface area (Å²) in [6, 6.07) is 5.78. The average Bonchev–Trinajstić information content (AvgIpc) is 2.80. The van der Waals surface area contributed by atoms with Crippen LogP contribution in [-0.2, 0) is 0 Å². The summed E-state index contributed by atoms with van der Waals surface area (Å²) in [5.41, 5.74) is 0.967. The molecule has 3 unspecified atom stereocenters. The van der Waals surface area contributed by atoms with Gasteiger partial charge < -0.3 is 5.32 Å². The van der Waals surface area contributed by atoms with E-state index in [4.69, 9.17) is 11.6 Å². The second-order valence-electron chi connectivity index (χ2n) is 5.09. The van der Waals surface area contributed by atoms with Gasteiger partial charge in [-0.15, -0.1) is 0 Å². The molecule has 1 nitrogen and oxygen atoms in total. The molecule has 1 aromatic carbocycles. The predicted octanol–water partition coefficient (Wildman–Crippen LogP) is 4.80. The molecule has 1 fully saturated rings. The van der Waals surface area contributed by atoms with Crippen molar-refractivity contribution in [2.24, 2.45) is 0 Å². The van der Waals surface area contributed by atoms with E-state index >= 15 is 0 Å². The highest BCUT2D eigenvalue weighted by molar-refractivity contribution is 7.99. The van der Waals surface area contributed by atoms with Gasteiger partial charge in [-0.2, -0.15) is 11.8 Å². The summed E-state index contributed by atoms with van der Waals surface area (Å²) in [4.78, 5) is 0. The van der Waals surface area contributed by atoms with Gasteiger partial charge in [-0.3, -0.25) is 0 Å². The van der Waals surface area contributed by atoms with E-state index in [1.807, 2.05) is 17.8 Å². The molecule has 1 aliphatic rings. The minimum atomic E-state index is -0.335. The zero-order chi connectivity index (χ0) is 13.8. The Morgan fingerprint density at radius 1 is 1.47 bits per heavy atom. The van der Waals surface area contributed by atoms with E-state index in [1.165, 1.54) is 25.3 Å². The number of rotatable bonds is 5. The number of hydrogen-bond acceptors (Lipinski definition) is 2. The fourth-order valence-electron chi connectivity index (χ4n) is 2.73. The van der Waals surface area contributed by atoms with Gasteiger partial charge in [0.05, 0.1) is 5.02 Å². The van der Waals surface area contributed by atoms with Crippen LogP contribution in [0.4, 0.5) is 4.39 Å². The van der Waals surface area contributed by atoms with E-state index in [1.54, 1.807) is 6.07 Å². The molecular formula is C15H21ClFNS. The SMILES string of the molecule is CCSC1CCCC1NC(C)c1ccc(Cl)c(F)c1. The quantitative estimate of drug-likeness (QED) is 0.838. The van der Waals surface area contributed by atoms with Crippen molar-refractivity contribution in [3.8, 4) is 0 Å². The molecule has 0 aromatic heterocycles. The van der Waals surface area contributed by atoms with Crippen molar-refractivity contribution in [2.75, 3.05) is 5.75 Å². The molecule has 3 atom stereocenters. The first kappa shape index (κ1) is 15.1. The first-order chi connectivity index (χ1) is 9.11. The van der Waals surface area contributed by atoms with Crippen molar-refractivity contribution in [2.45, 2.75) is 50.4 Å². The predicted molar refractivity (Wildman–Crippen MR) is 82.5 cm³/mol. The largest absolute Gasteiger partial charge is 0.306 e. The molecule has 0 amide bonds. The summed E-state index contributed by atoms with van der Waals surface area (Å²) in [5, 5.41) is 4.54. The fourth-order valence-corrected chi connectivity index (χ4v) is 4.06. The van der Waals surface area contributed by atoms with Crippen LogP contribution in [0.1, 0.15) is 44.7 Å². The molecule has 4 heteroatoms. The highest BCUT2D eigenvalue weighted by atomic mass is 35.5.